The van der Waals surface area contributed by atoms with Gasteiger partial charge >= 0.3 is 0 Å². The van der Waals surface area contributed by atoms with E-state index in [1.807, 2.05) is 0 Å². The smallest absolute Gasteiger partial charge is 0.0793 e. The summed E-state index contributed by atoms with van der Waals surface area (Å²) in [6.07, 6.45) is 1.02. The van der Waals surface area contributed by atoms with Gasteiger partial charge in [-0.25, -0.2) is 0 Å². The first kappa shape index (κ1) is 13.8. The highest BCUT2D eigenvalue weighted by molar-refractivity contribution is 5.68. The largest absolute Gasteiger partial charge is 0.377 e. The Morgan fingerprint density at radius 3 is 2.63 bits per heavy atom. The zero-order chi connectivity index (χ0) is 13.7. The van der Waals surface area contributed by atoms with Crippen LogP contribution in [0.5, 0.6) is 0 Å². The first-order chi connectivity index (χ1) is 9.26. The van der Waals surface area contributed by atoms with Gasteiger partial charge in [0.1, 0.15) is 0 Å². The van der Waals surface area contributed by atoms with Gasteiger partial charge in [-0.15, -0.1) is 0 Å². The van der Waals surface area contributed by atoms with E-state index in [1.54, 1.807) is 7.11 Å². The number of hydrogen-bond donors (Lipinski definition) is 1. The minimum absolute atomic E-state index is 0.113. The minimum Gasteiger partial charge on any atom is -0.377 e. The Balaban J connectivity index is 2.41. The van der Waals surface area contributed by atoms with Gasteiger partial charge in [0.2, 0.25) is 0 Å². The maximum absolute atomic E-state index is 5.69. The summed E-state index contributed by atoms with van der Waals surface area (Å²) in [5.41, 5.74) is 10.7. The van der Waals surface area contributed by atoms with E-state index in [0.717, 1.165) is 6.42 Å². The first-order valence-electron chi connectivity index (χ1n) is 6.67. The van der Waals surface area contributed by atoms with E-state index in [9.17, 15) is 0 Å². The highest BCUT2D eigenvalue weighted by Crippen LogP contribution is 2.27. The maximum atomic E-state index is 5.69. The van der Waals surface area contributed by atoms with Crippen molar-refractivity contribution < 1.29 is 4.74 Å². The Labute approximate surface area is 115 Å². The van der Waals surface area contributed by atoms with Crippen molar-refractivity contribution in [1.82, 2.24) is 0 Å². The fraction of sp³-hybridized carbons (Fsp3) is 0.294. The fourth-order valence-corrected chi connectivity index (χ4v) is 2.27. The van der Waals surface area contributed by atoms with E-state index >= 15 is 0 Å². The molecule has 2 heteroatoms. The van der Waals surface area contributed by atoms with Gasteiger partial charge in [-0.1, -0.05) is 42.5 Å². The molecule has 0 spiro atoms. The molecule has 2 rings (SSSR count). The summed E-state index contributed by atoms with van der Waals surface area (Å²) >= 11 is 0. The lowest BCUT2D eigenvalue weighted by molar-refractivity contribution is 0.119. The fourth-order valence-electron chi connectivity index (χ4n) is 2.27. The van der Waals surface area contributed by atoms with Gasteiger partial charge < -0.3 is 10.5 Å². The van der Waals surface area contributed by atoms with E-state index in [-0.39, 0.29) is 6.10 Å². The Morgan fingerprint density at radius 2 is 1.89 bits per heavy atom. The van der Waals surface area contributed by atoms with Crippen molar-refractivity contribution in [2.45, 2.75) is 19.4 Å². The van der Waals surface area contributed by atoms with E-state index < -0.39 is 0 Å². The van der Waals surface area contributed by atoms with Crippen LogP contribution in [0.25, 0.3) is 11.1 Å². The van der Waals surface area contributed by atoms with Crippen LogP contribution in [-0.4, -0.2) is 13.7 Å². The average molecular weight is 255 g/mol. The predicted molar refractivity (Wildman–Crippen MR) is 80.1 cm³/mol. The molecule has 19 heavy (non-hydrogen) atoms. The van der Waals surface area contributed by atoms with Crippen LogP contribution in [0.3, 0.4) is 0 Å². The summed E-state index contributed by atoms with van der Waals surface area (Å²) in [5, 5.41) is 0. The summed E-state index contributed by atoms with van der Waals surface area (Å²) < 4.78 is 5.38. The van der Waals surface area contributed by atoms with E-state index in [2.05, 4.69) is 55.5 Å². The summed E-state index contributed by atoms with van der Waals surface area (Å²) in [6, 6.07) is 17.0. The second-order valence-electron chi connectivity index (χ2n) is 4.70. The van der Waals surface area contributed by atoms with E-state index in [1.165, 1.54) is 22.3 Å². The van der Waals surface area contributed by atoms with E-state index in [0.29, 0.717) is 6.54 Å². The highest BCUT2D eigenvalue weighted by atomic mass is 16.5. The third kappa shape index (κ3) is 3.22. The molecule has 0 bridgehead atoms. The number of rotatable bonds is 5. The van der Waals surface area contributed by atoms with Crippen molar-refractivity contribution in [3.8, 4) is 11.1 Å². The standard InChI is InChI=1S/C17H21NO/c1-13(19-2)15-7-5-8-16(12-15)17-9-4-3-6-14(17)10-11-18/h3-9,12-13H,10-11,18H2,1-2H3. The quantitative estimate of drug-likeness (QED) is 0.886. The lowest BCUT2D eigenvalue weighted by Gasteiger charge is -2.13. The molecule has 0 aromatic heterocycles. The van der Waals surface area contributed by atoms with Gasteiger partial charge in [-0.05, 0) is 48.2 Å². The number of benzene rings is 2. The monoisotopic (exact) mass is 255 g/mol. The van der Waals surface area contributed by atoms with Crippen molar-refractivity contribution in [3.63, 3.8) is 0 Å². The highest BCUT2D eigenvalue weighted by Gasteiger charge is 2.07. The average Bonchev–Trinajstić information content (AvgIpc) is 2.47. The molecule has 0 radical (unpaired) electrons. The van der Waals surface area contributed by atoms with Crippen LogP contribution >= 0.6 is 0 Å². The molecular formula is C17H21NO. The summed E-state index contributed by atoms with van der Waals surface area (Å²) in [6.45, 7) is 2.73. The molecule has 0 aliphatic carbocycles. The molecule has 1 atom stereocenters. The molecule has 2 aromatic carbocycles. The van der Waals surface area contributed by atoms with Gasteiger partial charge in [0, 0.05) is 7.11 Å². The van der Waals surface area contributed by atoms with Crippen molar-refractivity contribution in [1.29, 1.82) is 0 Å². The summed E-state index contributed by atoms with van der Waals surface area (Å²) in [5.74, 6) is 0. The Bertz CT molecular complexity index is 536. The van der Waals surface area contributed by atoms with Gasteiger partial charge in [-0.3, -0.25) is 0 Å². The van der Waals surface area contributed by atoms with Crippen molar-refractivity contribution in [2.75, 3.05) is 13.7 Å². The lowest BCUT2D eigenvalue weighted by atomic mass is 9.95. The topological polar surface area (TPSA) is 35.2 Å². The molecule has 0 amide bonds. The molecule has 0 aliphatic rings. The summed E-state index contributed by atoms with van der Waals surface area (Å²) in [7, 11) is 1.74. The zero-order valence-electron chi connectivity index (χ0n) is 11.6. The molecule has 2 N–H and O–H groups in total. The number of ether oxygens (including phenoxy) is 1. The van der Waals surface area contributed by atoms with Gasteiger partial charge in [0.25, 0.3) is 0 Å². The number of methoxy groups -OCH3 is 1. The third-order valence-electron chi connectivity index (χ3n) is 3.45. The molecule has 0 saturated heterocycles. The summed E-state index contributed by atoms with van der Waals surface area (Å²) in [4.78, 5) is 0. The lowest BCUT2D eigenvalue weighted by Crippen LogP contribution is -2.04. The minimum atomic E-state index is 0.113. The molecular weight excluding hydrogens is 234 g/mol. The van der Waals surface area contributed by atoms with Crippen molar-refractivity contribution in [3.05, 3.63) is 59.7 Å². The van der Waals surface area contributed by atoms with Crippen LogP contribution in [0, 0.1) is 0 Å². The molecule has 2 aromatic rings. The number of hydrogen-bond acceptors (Lipinski definition) is 2. The maximum Gasteiger partial charge on any atom is 0.0793 e. The van der Waals surface area contributed by atoms with Gasteiger partial charge in [-0.2, -0.15) is 0 Å². The second kappa shape index (κ2) is 6.50. The van der Waals surface area contributed by atoms with Crippen LogP contribution in [0.4, 0.5) is 0 Å². The predicted octanol–water partition coefficient (Wildman–Crippen LogP) is 3.56. The molecule has 1 unspecified atom stereocenters. The third-order valence-corrected chi connectivity index (χ3v) is 3.45. The van der Waals surface area contributed by atoms with Crippen molar-refractivity contribution >= 4 is 0 Å². The van der Waals surface area contributed by atoms with Gasteiger partial charge in [0.05, 0.1) is 6.10 Å². The van der Waals surface area contributed by atoms with E-state index in [4.69, 9.17) is 10.5 Å². The molecule has 100 valence electrons. The first-order valence-corrected chi connectivity index (χ1v) is 6.67. The van der Waals surface area contributed by atoms with Crippen molar-refractivity contribution in [2.24, 2.45) is 5.73 Å². The van der Waals surface area contributed by atoms with Crippen LogP contribution in [0.2, 0.25) is 0 Å². The van der Waals surface area contributed by atoms with Crippen LogP contribution in [0.1, 0.15) is 24.2 Å². The molecule has 0 fully saturated rings. The normalized spacial score (nSPS) is 12.4. The van der Waals surface area contributed by atoms with Crippen LogP contribution < -0.4 is 5.73 Å². The Hall–Kier alpha value is -1.64. The van der Waals surface area contributed by atoms with Crippen LogP contribution in [0.15, 0.2) is 48.5 Å². The molecule has 0 saturated carbocycles. The van der Waals surface area contributed by atoms with Gasteiger partial charge in [0.15, 0.2) is 0 Å². The van der Waals surface area contributed by atoms with Crippen LogP contribution in [-0.2, 0) is 11.2 Å². The Morgan fingerprint density at radius 1 is 1.11 bits per heavy atom. The molecule has 0 aliphatic heterocycles. The Kier molecular flexibility index (Phi) is 4.72. The zero-order valence-corrected chi connectivity index (χ0v) is 11.6. The molecule has 0 heterocycles. The SMILES string of the molecule is COC(C)c1cccc(-c2ccccc2CCN)c1. The number of nitrogens with two attached hydrogens (primary N) is 1. The molecule has 2 nitrogen and oxygen atoms in total. The second-order valence-corrected chi connectivity index (χ2v) is 4.70.